The van der Waals surface area contributed by atoms with Crippen molar-refractivity contribution in [1.82, 2.24) is 24.6 Å². The van der Waals surface area contributed by atoms with E-state index in [0.717, 1.165) is 57.1 Å². The molecule has 0 bridgehead atoms. The van der Waals surface area contributed by atoms with Gasteiger partial charge in [-0.1, -0.05) is 12.1 Å². The summed E-state index contributed by atoms with van der Waals surface area (Å²) in [5.41, 5.74) is 2.26. The van der Waals surface area contributed by atoms with E-state index in [1.165, 1.54) is 11.4 Å². The molecule has 7 nitrogen and oxygen atoms in total. The molecule has 2 fully saturated rings. The van der Waals surface area contributed by atoms with E-state index in [4.69, 9.17) is 4.99 Å². The van der Waals surface area contributed by atoms with Gasteiger partial charge in [0.1, 0.15) is 11.7 Å². The minimum atomic E-state index is -0.325. The number of hydrogen-bond donors (Lipinski definition) is 1. The molecule has 4 atom stereocenters. The van der Waals surface area contributed by atoms with Crippen molar-refractivity contribution in [3.05, 3.63) is 53.6 Å². The molecule has 0 radical (unpaired) electrons. The van der Waals surface area contributed by atoms with Gasteiger partial charge in [0.25, 0.3) is 0 Å². The van der Waals surface area contributed by atoms with Gasteiger partial charge in [0.15, 0.2) is 0 Å². The van der Waals surface area contributed by atoms with Crippen LogP contribution in [-0.2, 0) is 0 Å². The highest BCUT2D eigenvalue weighted by molar-refractivity contribution is 5.97. The fourth-order valence-electron chi connectivity index (χ4n) is 5.51. The maximum atomic E-state index is 10.8. The summed E-state index contributed by atoms with van der Waals surface area (Å²) in [6.45, 7) is 7.26. The molecule has 0 spiro atoms. The Balaban J connectivity index is 1.35. The summed E-state index contributed by atoms with van der Waals surface area (Å²) in [7, 11) is 4.37. The van der Waals surface area contributed by atoms with Crippen molar-refractivity contribution < 1.29 is 5.11 Å². The molecule has 31 heavy (non-hydrogen) atoms. The summed E-state index contributed by atoms with van der Waals surface area (Å²) < 4.78 is 0. The first-order chi connectivity index (χ1) is 15.0. The number of allylic oxidation sites excluding steroid dienone is 2. The second-order valence-electron chi connectivity index (χ2n) is 9.42. The quantitative estimate of drug-likeness (QED) is 0.799. The first kappa shape index (κ1) is 20.7. The van der Waals surface area contributed by atoms with E-state index < -0.39 is 0 Å². The zero-order valence-electron chi connectivity index (χ0n) is 18.9. The number of aryl methyl sites for hydroxylation is 1. The summed E-state index contributed by atoms with van der Waals surface area (Å²) >= 11 is 0. The van der Waals surface area contributed by atoms with Gasteiger partial charge in [-0.15, -0.1) is 0 Å². The van der Waals surface area contributed by atoms with Crippen LogP contribution in [0.15, 0.2) is 47.4 Å². The van der Waals surface area contributed by atoms with Crippen molar-refractivity contribution in [1.29, 1.82) is 0 Å². The first-order valence-corrected chi connectivity index (χ1v) is 11.5. The molecule has 4 aliphatic rings. The van der Waals surface area contributed by atoms with E-state index >= 15 is 0 Å². The fourth-order valence-corrected chi connectivity index (χ4v) is 5.51. The van der Waals surface area contributed by atoms with Gasteiger partial charge in [0.2, 0.25) is 0 Å². The third-order valence-electron chi connectivity index (χ3n) is 7.37. The van der Waals surface area contributed by atoms with Crippen LogP contribution in [0.4, 0.5) is 0 Å². The maximum absolute atomic E-state index is 10.8. The third-order valence-corrected chi connectivity index (χ3v) is 7.37. The summed E-state index contributed by atoms with van der Waals surface area (Å²) in [6.07, 6.45) is 9.50. The average molecular weight is 423 g/mol. The van der Waals surface area contributed by atoms with Crippen LogP contribution in [0.5, 0.6) is 0 Å². The van der Waals surface area contributed by atoms with E-state index in [9.17, 15) is 5.11 Å². The summed E-state index contributed by atoms with van der Waals surface area (Å²) in [4.78, 5) is 19.5. The van der Waals surface area contributed by atoms with Crippen molar-refractivity contribution >= 4 is 5.84 Å². The molecule has 0 amide bonds. The zero-order valence-corrected chi connectivity index (χ0v) is 18.9. The maximum Gasteiger partial charge on any atom is 0.129 e. The molecule has 166 valence electrons. The van der Waals surface area contributed by atoms with E-state index in [-0.39, 0.29) is 24.2 Å². The van der Waals surface area contributed by atoms with Crippen molar-refractivity contribution in [2.75, 3.05) is 46.8 Å². The van der Waals surface area contributed by atoms with Gasteiger partial charge in [0, 0.05) is 45.0 Å². The lowest BCUT2D eigenvalue weighted by atomic mass is 9.87. The number of nitrogens with zero attached hydrogens (tertiary/aromatic N) is 6. The van der Waals surface area contributed by atoms with Crippen LogP contribution >= 0.6 is 0 Å². The van der Waals surface area contributed by atoms with Gasteiger partial charge in [0.05, 0.1) is 23.9 Å². The Hall–Kier alpha value is -2.22. The predicted octanol–water partition coefficient (Wildman–Crippen LogP) is 1.63. The number of hydrogen-bond acceptors (Lipinski definition) is 7. The molecule has 0 saturated carbocycles. The molecule has 7 heteroatoms. The molecule has 5 rings (SSSR count). The number of amidine groups is 1. The molecule has 0 aliphatic carbocycles. The summed E-state index contributed by atoms with van der Waals surface area (Å²) in [6, 6.07) is 4.54. The first-order valence-electron chi connectivity index (χ1n) is 11.5. The van der Waals surface area contributed by atoms with Crippen LogP contribution in [-0.4, -0.2) is 101 Å². The van der Waals surface area contributed by atoms with Gasteiger partial charge in [-0.2, -0.15) is 0 Å². The van der Waals surface area contributed by atoms with Crippen LogP contribution in [0, 0.1) is 6.92 Å². The van der Waals surface area contributed by atoms with Crippen LogP contribution < -0.4 is 0 Å². The number of likely N-dealkylation sites (N-methyl/N-ethyl adjacent to an activating group) is 2. The molecule has 5 heterocycles. The number of pyridine rings is 1. The number of aromatic nitrogens is 1. The molecule has 0 aromatic carbocycles. The minimum absolute atomic E-state index is 0.121. The van der Waals surface area contributed by atoms with Crippen LogP contribution in [0.1, 0.15) is 30.1 Å². The number of aliphatic imine (C=N–C) groups is 1. The van der Waals surface area contributed by atoms with Gasteiger partial charge >= 0.3 is 0 Å². The number of piperazine rings is 1. The average Bonchev–Trinajstić information content (AvgIpc) is 3.20. The number of fused-ring (bicyclic) bond motifs is 1. The van der Waals surface area contributed by atoms with Crippen molar-refractivity contribution in [3.63, 3.8) is 0 Å². The Morgan fingerprint density at radius 3 is 2.68 bits per heavy atom. The predicted molar refractivity (Wildman–Crippen MR) is 123 cm³/mol. The Morgan fingerprint density at radius 2 is 1.90 bits per heavy atom. The third kappa shape index (κ3) is 3.90. The van der Waals surface area contributed by atoms with Gasteiger partial charge in [-0.05, 0) is 57.6 Å². The van der Waals surface area contributed by atoms with E-state index in [0.29, 0.717) is 0 Å². The standard InChI is InChI=1S/C24H34N6O/c1-17-6-5-9-25-24(17)21-15-18(31)14-20(28(21)3)19-16-30-22(26-19)7-4-8-23(30)29-12-10-27(2)11-13-29/h4-9,18-21,31H,10-16H2,1-3H3/t18-,19?,20-,21+/m1/s1. The molecule has 1 N–H and O–H groups in total. The lowest BCUT2D eigenvalue weighted by Gasteiger charge is -2.44. The Bertz CT molecular complexity index is 903. The second kappa shape index (κ2) is 8.37. The number of piperidine rings is 1. The highest BCUT2D eigenvalue weighted by atomic mass is 16.3. The highest BCUT2D eigenvalue weighted by Crippen LogP contribution is 2.37. The summed E-state index contributed by atoms with van der Waals surface area (Å²) in [5, 5.41) is 10.8. The molecule has 2 saturated heterocycles. The topological polar surface area (TPSA) is 58.4 Å². The minimum Gasteiger partial charge on any atom is -0.393 e. The molecule has 1 aromatic rings. The van der Waals surface area contributed by atoms with Gasteiger partial charge < -0.3 is 19.8 Å². The van der Waals surface area contributed by atoms with Gasteiger partial charge in [-0.3, -0.25) is 14.9 Å². The molecule has 4 aliphatic heterocycles. The van der Waals surface area contributed by atoms with Crippen molar-refractivity contribution in [3.8, 4) is 0 Å². The summed E-state index contributed by atoms with van der Waals surface area (Å²) in [5.74, 6) is 2.33. The highest BCUT2D eigenvalue weighted by Gasteiger charge is 2.42. The van der Waals surface area contributed by atoms with Crippen molar-refractivity contribution in [2.45, 2.75) is 44.0 Å². The number of aliphatic hydroxyl groups excluding tert-OH is 1. The van der Waals surface area contributed by atoms with E-state index in [2.05, 4.69) is 69.9 Å². The van der Waals surface area contributed by atoms with Crippen LogP contribution in [0.3, 0.4) is 0 Å². The normalized spacial score (nSPS) is 32.1. The van der Waals surface area contributed by atoms with E-state index in [1.54, 1.807) is 0 Å². The Morgan fingerprint density at radius 1 is 1.10 bits per heavy atom. The van der Waals surface area contributed by atoms with Crippen molar-refractivity contribution in [2.24, 2.45) is 4.99 Å². The zero-order chi connectivity index (χ0) is 21.5. The van der Waals surface area contributed by atoms with Crippen LogP contribution in [0.25, 0.3) is 0 Å². The van der Waals surface area contributed by atoms with Gasteiger partial charge in [-0.25, -0.2) is 0 Å². The number of rotatable bonds is 3. The molecule has 1 unspecified atom stereocenters. The number of aliphatic hydroxyl groups is 1. The monoisotopic (exact) mass is 422 g/mol. The fraction of sp³-hybridized carbons (Fsp3) is 0.583. The molecular weight excluding hydrogens is 388 g/mol. The lowest BCUT2D eigenvalue weighted by Crippen LogP contribution is -2.52. The second-order valence-corrected chi connectivity index (χ2v) is 9.42. The lowest BCUT2D eigenvalue weighted by molar-refractivity contribution is 0.00402. The molecular formula is C24H34N6O. The largest absolute Gasteiger partial charge is 0.393 e. The Labute approximate surface area is 185 Å². The number of likely N-dealkylation sites (tertiary alicyclic amines) is 1. The van der Waals surface area contributed by atoms with Crippen LogP contribution in [0.2, 0.25) is 0 Å². The smallest absolute Gasteiger partial charge is 0.129 e. The molecule has 1 aromatic heterocycles. The van der Waals surface area contributed by atoms with E-state index in [1.807, 2.05) is 12.3 Å². The SMILES string of the molecule is Cc1cccnc1[C@@H]1C[C@H](O)C[C@H](C2CN3C(N4CCN(C)CC4)=CC=CC3=N2)N1C. The Kier molecular flexibility index (Phi) is 5.58.